The van der Waals surface area contributed by atoms with E-state index in [-0.39, 0.29) is 0 Å². The van der Waals surface area contributed by atoms with Crippen molar-refractivity contribution in [3.63, 3.8) is 0 Å². The molecule has 34 heavy (non-hydrogen) atoms. The van der Waals surface area contributed by atoms with Gasteiger partial charge in [-0.25, -0.2) is 9.59 Å². The van der Waals surface area contributed by atoms with E-state index in [0.29, 0.717) is 0 Å². The zero-order chi connectivity index (χ0) is 24.5. The van der Waals surface area contributed by atoms with Gasteiger partial charge < -0.3 is 19.8 Å². The van der Waals surface area contributed by atoms with E-state index in [1.807, 2.05) is 6.07 Å². The molecule has 2 heterocycles. The van der Waals surface area contributed by atoms with Crippen molar-refractivity contribution in [1.82, 2.24) is 9.80 Å². The first kappa shape index (κ1) is 26.0. The van der Waals surface area contributed by atoms with E-state index in [1.165, 1.54) is 41.7 Å². The quantitative estimate of drug-likeness (QED) is 0.564. The van der Waals surface area contributed by atoms with Crippen molar-refractivity contribution in [2.75, 3.05) is 51.3 Å². The van der Waals surface area contributed by atoms with Gasteiger partial charge in [0.25, 0.3) is 0 Å². The van der Waals surface area contributed by atoms with Gasteiger partial charge in [0.2, 0.25) is 0 Å². The number of carboxylic acid groups (broad SMARTS) is 2. The topological polar surface area (TPSA) is 93.5 Å². The van der Waals surface area contributed by atoms with Crippen LogP contribution in [0.4, 0.5) is 5.69 Å². The average molecular weight is 534 g/mol. The number of rotatable bonds is 5. The summed E-state index contributed by atoms with van der Waals surface area (Å²) in [5, 5.41) is 14.8. The molecule has 0 aliphatic carbocycles. The van der Waals surface area contributed by atoms with Crippen LogP contribution in [0.1, 0.15) is 18.4 Å². The second-order valence-corrected chi connectivity index (χ2v) is 9.36. The van der Waals surface area contributed by atoms with Crippen molar-refractivity contribution in [3.05, 3.63) is 58.6 Å². The summed E-state index contributed by atoms with van der Waals surface area (Å²) in [7, 11) is 1.76. The van der Waals surface area contributed by atoms with Crippen molar-refractivity contribution in [3.8, 4) is 5.75 Å². The molecular formula is C25H32BrN3O5. The average Bonchev–Trinajstić information content (AvgIpc) is 2.85. The van der Waals surface area contributed by atoms with Crippen LogP contribution in [0.15, 0.2) is 53.0 Å². The van der Waals surface area contributed by atoms with Crippen molar-refractivity contribution in [2.24, 2.45) is 0 Å². The fraction of sp³-hybridized carbons (Fsp3) is 0.440. The zero-order valence-corrected chi connectivity index (χ0v) is 21.0. The number of nitrogens with zero attached hydrogens (tertiary/aromatic N) is 3. The van der Waals surface area contributed by atoms with Crippen LogP contribution in [-0.2, 0) is 16.1 Å². The molecule has 0 spiro atoms. The third-order valence-electron chi connectivity index (χ3n) is 6.29. The standard InChI is InChI=1S/C23H30BrN3O.C2H2O4/c1-28-23-8-3-2-7-22(23)27-15-13-26(14-16-27)21-9-11-25(12-10-21)18-19-5-4-6-20(24)17-19;3-1(4)2(5)6/h2-8,17,21H,9-16,18H2,1H3;(H,3,4)(H,5,6). The smallest absolute Gasteiger partial charge is 0.414 e. The van der Waals surface area contributed by atoms with Gasteiger partial charge in [-0.1, -0.05) is 40.2 Å². The van der Waals surface area contributed by atoms with Gasteiger partial charge in [-0.3, -0.25) is 9.80 Å². The van der Waals surface area contributed by atoms with E-state index in [2.05, 4.69) is 73.1 Å². The van der Waals surface area contributed by atoms with Gasteiger partial charge in [0, 0.05) is 43.2 Å². The summed E-state index contributed by atoms with van der Waals surface area (Å²) < 4.78 is 6.72. The second kappa shape index (κ2) is 12.7. The van der Waals surface area contributed by atoms with Crippen LogP contribution >= 0.6 is 15.9 Å². The van der Waals surface area contributed by atoms with Gasteiger partial charge >= 0.3 is 11.9 Å². The third-order valence-corrected chi connectivity index (χ3v) is 6.79. The molecule has 8 nitrogen and oxygen atoms in total. The summed E-state index contributed by atoms with van der Waals surface area (Å²) in [6, 6.07) is 17.8. The minimum atomic E-state index is -1.82. The number of para-hydroxylation sites is 2. The number of hydrogen-bond donors (Lipinski definition) is 2. The molecule has 2 aromatic rings. The molecular weight excluding hydrogens is 502 g/mol. The van der Waals surface area contributed by atoms with E-state index >= 15 is 0 Å². The molecule has 0 atom stereocenters. The number of ether oxygens (including phenoxy) is 1. The van der Waals surface area contributed by atoms with Gasteiger partial charge in [-0.2, -0.15) is 0 Å². The van der Waals surface area contributed by atoms with Crippen molar-refractivity contribution < 1.29 is 24.5 Å². The third kappa shape index (κ3) is 7.44. The Hall–Kier alpha value is -2.62. The highest BCUT2D eigenvalue weighted by atomic mass is 79.9. The Balaban J connectivity index is 0.000000481. The molecule has 2 saturated heterocycles. The SMILES string of the molecule is COc1ccccc1N1CCN(C2CCN(Cc3cccc(Br)c3)CC2)CC1.O=C(O)C(=O)O. The second-order valence-electron chi connectivity index (χ2n) is 8.44. The molecule has 2 aliphatic heterocycles. The number of piperidine rings is 1. The maximum absolute atomic E-state index is 9.10. The number of aliphatic carboxylic acids is 2. The molecule has 9 heteroatoms. The van der Waals surface area contributed by atoms with E-state index < -0.39 is 11.9 Å². The van der Waals surface area contributed by atoms with E-state index in [1.54, 1.807) is 7.11 Å². The number of methoxy groups -OCH3 is 1. The van der Waals surface area contributed by atoms with Gasteiger partial charge in [0.15, 0.2) is 0 Å². The molecule has 0 unspecified atom stereocenters. The molecule has 2 aromatic carbocycles. The highest BCUT2D eigenvalue weighted by Gasteiger charge is 2.28. The van der Waals surface area contributed by atoms with Crippen molar-refractivity contribution in [2.45, 2.75) is 25.4 Å². The van der Waals surface area contributed by atoms with Crippen LogP contribution < -0.4 is 9.64 Å². The fourth-order valence-corrected chi connectivity index (χ4v) is 5.00. The highest BCUT2D eigenvalue weighted by molar-refractivity contribution is 9.10. The van der Waals surface area contributed by atoms with Crippen LogP contribution in [0.5, 0.6) is 5.75 Å². The summed E-state index contributed by atoms with van der Waals surface area (Å²) in [6.45, 7) is 7.92. The molecule has 0 bridgehead atoms. The Labute approximate surface area is 208 Å². The monoisotopic (exact) mass is 533 g/mol. The Morgan fingerprint density at radius 2 is 1.59 bits per heavy atom. The number of halogens is 1. The molecule has 2 fully saturated rings. The number of carbonyl (C=O) groups is 2. The van der Waals surface area contributed by atoms with Crippen molar-refractivity contribution >= 4 is 33.6 Å². The molecule has 2 aliphatic rings. The van der Waals surface area contributed by atoms with Crippen LogP contribution in [0, 0.1) is 0 Å². The van der Waals surface area contributed by atoms with Crippen LogP contribution in [0.3, 0.4) is 0 Å². The maximum Gasteiger partial charge on any atom is 0.414 e. The Bertz CT molecular complexity index is 945. The summed E-state index contributed by atoms with van der Waals surface area (Å²) >= 11 is 3.58. The molecule has 184 valence electrons. The summed E-state index contributed by atoms with van der Waals surface area (Å²) in [5.41, 5.74) is 2.63. The Kier molecular flexibility index (Phi) is 9.74. The number of anilines is 1. The van der Waals surface area contributed by atoms with Gasteiger partial charge in [0.05, 0.1) is 12.8 Å². The van der Waals surface area contributed by atoms with Gasteiger partial charge in [-0.15, -0.1) is 0 Å². The normalized spacial score (nSPS) is 17.5. The lowest BCUT2D eigenvalue weighted by Crippen LogP contribution is -2.53. The lowest BCUT2D eigenvalue weighted by Gasteiger charge is -2.43. The predicted octanol–water partition coefficient (Wildman–Crippen LogP) is 3.40. The highest BCUT2D eigenvalue weighted by Crippen LogP contribution is 2.29. The number of piperazine rings is 1. The minimum absolute atomic E-state index is 0.735. The molecule has 0 aromatic heterocycles. The largest absolute Gasteiger partial charge is 0.495 e. The number of benzene rings is 2. The van der Waals surface area contributed by atoms with E-state index in [0.717, 1.165) is 44.5 Å². The Morgan fingerprint density at radius 3 is 2.18 bits per heavy atom. The van der Waals surface area contributed by atoms with Gasteiger partial charge in [-0.05, 0) is 55.8 Å². The summed E-state index contributed by atoms with van der Waals surface area (Å²) in [6.07, 6.45) is 2.56. The molecule has 0 radical (unpaired) electrons. The lowest BCUT2D eigenvalue weighted by atomic mass is 10.0. The van der Waals surface area contributed by atoms with Gasteiger partial charge in [0.1, 0.15) is 5.75 Å². The molecule has 4 rings (SSSR count). The van der Waals surface area contributed by atoms with Crippen LogP contribution in [0.2, 0.25) is 0 Å². The fourth-order valence-electron chi connectivity index (χ4n) is 4.56. The number of hydrogen-bond acceptors (Lipinski definition) is 6. The molecule has 2 N–H and O–H groups in total. The van der Waals surface area contributed by atoms with E-state index in [4.69, 9.17) is 24.5 Å². The molecule has 0 saturated carbocycles. The maximum atomic E-state index is 9.10. The predicted molar refractivity (Wildman–Crippen MR) is 134 cm³/mol. The Morgan fingerprint density at radius 1 is 0.941 bits per heavy atom. The first-order chi connectivity index (χ1) is 16.4. The summed E-state index contributed by atoms with van der Waals surface area (Å²) in [5.74, 6) is -2.66. The van der Waals surface area contributed by atoms with Crippen LogP contribution in [0.25, 0.3) is 0 Å². The zero-order valence-electron chi connectivity index (χ0n) is 19.4. The molecule has 0 amide bonds. The summed E-state index contributed by atoms with van der Waals surface area (Å²) in [4.78, 5) is 26.0. The minimum Gasteiger partial charge on any atom is -0.495 e. The lowest BCUT2D eigenvalue weighted by molar-refractivity contribution is -0.159. The number of carboxylic acids is 2. The number of likely N-dealkylation sites (tertiary alicyclic amines) is 1. The first-order valence-corrected chi connectivity index (χ1v) is 12.2. The van der Waals surface area contributed by atoms with Crippen LogP contribution in [-0.4, -0.2) is 84.4 Å². The first-order valence-electron chi connectivity index (χ1n) is 11.4. The van der Waals surface area contributed by atoms with E-state index in [9.17, 15) is 0 Å². The van der Waals surface area contributed by atoms with Crippen molar-refractivity contribution in [1.29, 1.82) is 0 Å².